The summed E-state index contributed by atoms with van der Waals surface area (Å²) in [5, 5.41) is 3.64. The second-order valence-electron chi connectivity index (χ2n) is 6.68. The monoisotopic (exact) mass is 267 g/mol. The minimum absolute atomic E-state index is 0.656. The number of hydrogen-bond acceptors (Lipinski definition) is 3. The molecule has 1 saturated carbocycles. The van der Waals surface area contributed by atoms with Gasteiger partial charge in [0.2, 0.25) is 0 Å². The summed E-state index contributed by atoms with van der Waals surface area (Å²) in [7, 11) is 0. The molecule has 19 heavy (non-hydrogen) atoms. The molecule has 0 amide bonds. The normalized spacial score (nSPS) is 25.3. The number of rotatable bonds is 6. The van der Waals surface area contributed by atoms with Gasteiger partial charge in [-0.25, -0.2) is 0 Å². The van der Waals surface area contributed by atoms with Gasteiger partial charge < -0.3 is 5.32 Å². The summed E-state index contributed by atoms with van der Waals surface area (Å²) in [6.45, 7) is 14.3. The number of nitrogens with zero attached hydrogens (tertiary/aromatic N) is 2. The summed E-state index contributed by atoms with van der Waals surface area (Å²) >= 11 is 0. The molecular weight excluding hydrogens is 234 g/mol. The van der Waals surface area contributed by atoms with Gasteiger partial charge in [-0.2, -0.15) is 0 Å². The molecule has 0 bridgehead atoms. The van der Waals surface area contributed by atoms with Crippen LogP contribution in [0.3, 0.4) is 0 Å². The van der Waals surface area contributed by atoms with E-state index in [1.54, 1.807) is 0 Å². The molecule has 1 atom stereocenters. The van der Waals surface area contributed by atoms with Crippen molar-refractivity contribution in [2.75, 3.05) is 39.3 Å². The minimum atomic E-state index is 0.656. The van der Waals surface area contributed by atoms with Crippen molar-refractivity contribution < 1.29 is 0 Å². The molecule has 1 aliphatic heterocycles. The van der Waals surface area contributed by atoms with Crippen molar-refractivity contribution in [3.63, 3.8) is 0 Å². The van der Waals surface area contributed by atoms with Crippen molar-refractivity contribution in [3.8, 4) is 0 Å². The predicted octanol–water partition coefficient (Wildman–Crippen LogP) is 2.18. The molecule has 3 heteroatoms. The second kappa shape index (κ2) is 7.61. The first-order valence-corrected chi connectivity index (χ1v) is 8.40. The molecule has 1 N–H and O–H groups in total. The molecule has 2 fully saturated rings. The molecule has 3 nitrogen and oxygen atoms in total. The Labute approximate surface area is 119 Å². The van der Waals surface area contributed by atoms with Crippen LogP contribution in [0.25, 0.3) is 0 Å². The highest BCUT2D eigenvalue weighted by atomic mass is 15.3. The van der Waals surface area contributed by atoms with Crippen LogP contribution in [0.2, 0.25) is 0 Å². The van der Waals surface area contributed by atoms with E-state index in [0.29, 0.717) is 6.04 Å². The van der Waals surface area contributed by atoms with Crippen LogP contribution in [-0.2, 0) is 0 Å². The van der Waals surface area contributed by atoms with Gasteiger partial charge in [0.1, 0.15) is 0 Å². The van der Waals surface area contributed by atoms with E-state index in [-0.39, 0.29) is 0 Å². The van der Waals surface area contributed by atoms with Crippen molar-refractivity contribution in [2.24, 2.45) is 5.92 Å². The summed E-state index contributed by atoms with van der Waals surface area (Å²) in [6.07, 6.45) is 5.82. The maximum absolute atomic E-state index is 3.64. The van der Waals surface area contributed by atoms with Gasteiger partial charge in [-0.05, 0) is 25.3 Å². The highest BCUT2D eigenvalue weighted by molar-refractivity contribution is 4.84. The first-order valence-electron chi connectivity index (χ1n) is 8.40. The summed E-state index contributed by atoms with van der Waals surface area (Å²) in [4.78, 5) is 5.42. The lowest BCUT2D eigenvalue weighted by Gasteiger charge is -2.40. The van der Waals surface area contributed by atoms with Crippen LogP contribution >= 0.6 is 0 Å². The highest BCUT2D eigenvalue weighted by Crippen LogP contribution is 2.24. The molecule has 0 spiro atoms. The van der Waals surface area contributed by atoms with E-state index in [1.807, 2.05) is 0 Å². The van der Waals surface area contributed by atoms with Gasteiger partial charge in [-0.1, -0.05) is 33.6 Å². The quantitative estimate of drug-likeness (QED) is 0.796. The molecule has 2 aliphatic rings. The average Bonchev–Trinajstić information content (AvgIpc) is 2.93. The Morgan fingerprint density at radius 3 is 2.21 bits per heavy atom. The lowest BCUT2D eigenvalue weighted by Crippen LogP contribution is -2.53. The Morgan fingerprint density at radius 2 is 1.68 bits per heavy atom. The van der Waals surface area contributed by atoms with Gasteiger partial charge in [0.25, 0.3) is 0 Å². The predicted molar refractivity (Wildman–Crippen MR) is 82.6 cm³/mol. The molecule has 1 aliphatic carbocycles. The van der Waals surface area contributed by atoms with Crippen LogP contribution in [0.5, 0.6) is 0 Å². The van der Waals surface area contributed by atoms with E-state index >= 15 is 0 Å². The Morgan fingerprint density at radius 1 is 1.05 bits per heavy atom. The van der Waals surface area contributed by atoms with E-state index in [1.165, 1.54) is 58.4 Å². The Hall–Kier alpha value is -0.120. The van der Waals surface area contributed by atoms with Gasteiger partial charge in [0.15, 0.2) is 0 Å². The number of hydrogen-bond donors (Lipinski definition) is 1. The van der Waals surface area contributed by atoms with Crippen molar-refractivity contribution >= 4 is 0 Å². The van der Waals surface area contributed by atoms with Crippen LogP contribution in [0, 0.1) is 5.92 Å². The molecule has 0 aromatic heterocycles. The third-order valence-electron chi connectivity index (χ3n) is 4.97. The van der Waals surface area contributed by atoms with Gasteiger partial charge in [0, 0.05) is 44.8 Å². The lowest BCUT2D eigenvalue weighted by atomic mass is 10.0. The first-order chi connectivity index (χ1) is 9.20. The molecule has 112 valence electrons. The maximum atomic E-state index is 3.64. The topological polar surface area (TPSA) is 18.5 Å². The summed E-state index contributed by atoms with van der Waals surface area (Å²) in [6, 6.07) is 1.57. The molecule has 0 aromatic rings. The Balaban J connectivity index is 1.72. The zero-order valence-corrected chi connectivity index (χ0v) is 13.2. The van der Waals surface area contributed by atoms with Crippen LogP contribution < -0.4 is 5.32 Å². The summed E-state index contributed by atoms with van der Waals surface area (Å²) < 4.78 is 0. The lowest BCUT2D eigenvalue weighted by molar-refractivity contribution is 0.0873. The summed E-state index contributed by atoms with van der Waals surface area (Å²) in [5.74, 6) is 0.729. The van der Waals surface area contributed by atoms with Gasteiger partial charge in [0.05, 0.1) is 0 Å². The fourth-order valence-corrected chi connectivity index (χ4v) is 3.63. The molecule has 1 heterocycles. The maximum Gasteiger partial charge on any atom is 0.0217 e. The zero-order chi connectivity index (χ0) is 13.7. The fourth-order valence-electron chi connectivity index (χ4n) is 3.63. The van der Waals surface area contributed by atoms with Crippen LogP contribution in [-0.4, -0.2) is 61.2 Å². The third kappa shape index (κ3) is 4.44. The van der Waals surface area contributed by atoms with Crippen LogP contribution in [0.15, 0.2) is 0 Å². The van der Waals surface area contributed by atoms with Gasteiger partial charge in [-0.3, -0.25) is 9.80 Å². The minimum Gasteiger partial charge on any atom is -0.313 e. The third-order valence-corrected chi connectivity index (χ3v) is 4.97. The van der Waals surface area contributed by atoms with Gasteiger partial charge >= 0.3 is 0 Å². The van der Waals surface area contributed by atoms with E-state index in [2.05, 4.69) is 35.9 Å². The average molecular weight is 267 g/mol. The van der Waals surface area contributed by atoms with Crippen LogP contribution in [0.4, 0.5) is 0 Å². The van der Waals surface area contributed by atoms with E-state index < -0.39 is 0 Å². The number of likely N-dealkylation sites (N-methyl/N-ethyl adjacent to an activating group) is 1. The number of nitrogens with one attached hydrogen (secondary N) is 1. The molecule has 0 radical (unpaired) electrons. The van der Waals surface area contributed by atoms with E-state index in [0.717, 1.165) is 18.5 Å². The van der Waals surface area contributed by atoms with Crippen molar-refractivity contribution in [1.82, 2.24) is 15.1 Å². The van der Waals surface area contributed by atoms with Crippen molar-refractivity contribution in [2.45, 2.75) is 58.5 Å². The molecular formula is C16H33N3. The van der Waals surface area contributed by atoms with Crippen LogP contribution in [0.1, 0.15) is 46.5 Å². The molecule has 0 aromatic carbocycles. The molecule has 1 saturated heterocycles. The van der Waals surface area contributed by atoms with E-state index in [4.69, 9.17) is 0 Å². The SMILES string of the molecule is CCNC(CN1CCN(C2CCCC2)CC1)C(C)C. The van der Waals surface area contributed by atoms with E-state index in [9.17, 15) is 0 Å². The number of piperazine rings is 1. The molecule has 1 unspecified atom stereocenters. The Bertz CT molecular complexity index is 240. The summed E-state index contributed by atoms with van der Waals surface area (Å²) in [5.41, 5.74) is 0. The second-order valence-corrected chi connectivity index (χ2v) is 6.68. The molecule has 2 rings (SSSR count). The highest BCUT2D eigenvalue weighted by Gasteiger charge is 2.27. The zero-order valence-electron chi connectivity index (χ0n) is 13.2. The van der Waals surface area contributed by atoms with Crippen molar-refractivity contribution in [3.05, 3.63) is 0 Å². The fraction of sp³-hybridized carbons (Fsp3) is 1.00. The Kier molecular flexibility index (Phi) is 6.11. The smallest absolute Gasteiger partial charge is 0.0217 e. The van der Waals surface area contributed by atoms with Crippen molar-refractivity contribution in [1.29, 1.82) is 0 Å². The largest absolute Gasteiger partial charge is 0.313 e. The standard InChI is InChI=1S/C16H33N3/c1-4-17-16(14(2)3)13-18-9-11-19(12-10-18)15-7-5-6-8-15/h14-17H,4-13H2,1-3H3. The van der Waals surface area contributed by atoms with Gasteiger partial charge in [-0.15, -0.1) is 0 Å². The first kappa shape index (κ1) is 15.3.